The number of morpholine rings is 1. The molecule has 0 saturated carbocycles. The molecule has 17 heavy (non-hydrogen) atoms. The summed E-state index contributed by atoms with van der Waals surface area (Å²) in [5.74, 6) is 0. The van der Waals surface area contributed by atoms with Crippen LogP contribution in [0.3, 0.4) is 0 Å². The summed E-state index contributed by atoms with van der Waals surface area (Å²) in [5, 5.41) is 18.0. The minimum atomic E-state index is -4.61. The molecular formula is C10H18F3NO3. The molecule has 102 valence electrons. The number of rotatable bonds is 3. The van der Waals surface area contributed by atoms with Crippen LogP contribution in [0.25, 0.3) is 0 Å². The fraction of sp³-hybridized carbons (Fsp3) is 1.00. The SMILES string of the molecule is CC1(C)CN(CC(O)C(F)(F)F)CC(CO)O1. The van der Waals surface area contributed by atoms with Gasteiger partial charge < -0.3 is 14.9 Å². The van der Waals surface area contributed by atoms with Crippen molar-refractivity contribution in [1.82, 2.24) is 4.90 Å². The van der Waals surface area contributed by atoms with E-state index in [4.69, 9.17) is 14.9 Å². The second kappa shape index (κ2) is 5.09. The predicted molar refractivity (Wildman–Crippen MR) is 54.5 cm³/mol. The van der Waals surface area contributed by atoms with E-state index in [0.29, 0.717) is 0 Å². The molecule has 0 bridgehead atoms. The van der Waals surface area contributed by atoms with Gasteiger partial charge in [-0.3, -0.25) is 4.90 Å². The molecule has 1 aliphatic rings. The number of nitrogens with zero attached hydrogens (tertiary/aromatic N) is 1. The van der Waals surface area contributed by atoms with Crippen LogP contribution in [0, 0.1) is 0 Å². The normalized spacial score (nSPS) is 28.1. The maximum atomic E-state index is 12.2. The number of hydrogen-bond donors (Lipinski definition) is 2. The fourth-order valence-corrected chi connectivity index (χ4v) is 2.00. The van der Waals surface area contributed by atoms with Gasteiger partial charge in [0.1, 0.15) is 0 Å². The van der Waals surface area contributed by atoms with Crippen molar-refractivity contribution in [3.63, 3.8) is 0 Å². The number of alkyl halides is 3. The molecule has 2 atom stereocenters. The molecular weight excluding hydrogens is 239 g/mol. The van der Waals surface area contributed by atoms with Crippen molar-refractivity contribution in [3.8, 4) is 0 Å². The summed E-state index contributed by atoms with van der Waals surface area (Å²) in [4.78, 5) is 1.46. The number of β-amino-alcohol motifs (C(OH)–C–C–N with tert-alkyl or cyclic N) is 1. The first-order valence-electron chi connectivity index (χ1n) is 5.40. The lowest BCUT2D eigenvalue weighted by atomic mass is 10.0. The van der Waals surface area contributed by atoms with Crippen LogP contribution in [-0.4, -0.2) is 65.3 Å². The molecule has 1 aliphatic heterocycles. The average Bonchev–Trinajstić information content (AvgIpc) is 2.13. The Balaban J connectivity index is 2.59. The number of aliphatic hydroxyl groups is 2. The summed E-state index contributed by atoms with van der Waals surface area (Å²) in [6.07, 6.45) is -7.49. The van der Waals surface area contributed by atoms with Crippen LogP contribution < -0.4 is 0 Å². The Morgan fingerprint density at radius 3 is 2.53 bits per heavy atom. The highest BCUT2D eigenvalue weighted by molar-refractivity contribution is 4.85. The van der Waals surface area contributed by atoms with Gasteiger partial charge in [-0.15, -0.1) is 0 Å². The molecule has 1 rings (SSSR count). The minimum Gasteiger partial charge on any atom is -0.394 e. The van der Waals surface area contributed by atoms with Gasteiger partial charge in [-0.25, -0.2) is 0 Å². The van der Waals surface area contributed by atoms with Crippen LogP contribution in [-0.2, 0) is 4.74 Å². The number of hydrogen-bond acceptors (Lipinski definition) is 4. The highest BCUT2D eigenvalue weighted by Crippen LogP contribution is 2.25. The van der Waals surface area contributed by atoms with E-state index in [9.17, 15) is 13.2 Å². The van der Waals surface area contributed by atoms with Crippen molar-refractivity contribution in [2.75, 3.05) is 26.2 Å². The summed E-state index contributed by atoms with van der Waals surface area (Å²) in [6, 6.07) is 0. The van der Waals surface area contributed by atoms with E-state index in [-0.39, 0.29) is 19.7 Å². The molecule has 0 aromatic carbocycles. The Hall–Kier alpha value is -0.370. The molecule has 1 heterocycles. The van der Waals surface area contributed by atoms with E-state index in [1.165, 1.54) is 4.90 Å². The third-order valence-corrected chi connectivity index (χ3v) is 2.56. The fourth-order valence-electron chi connectivity index (χ4n) is 2.00. The summed E-state index contributed by atoms with van der Waals surface area (Å²) >= 11 is 0. The highest BCUT2D eigenvalue weighted by Gasteiger charge is 2.41. The molecule has 0 radical (unpaired) electrons. The van der Waals surface area contributed by atoms with Crippen molar-refractivity contribution in [2.24, 2.45) is 0 Å². The van der Waals surface area contributed by atoms with E-state index >= 15 is 0 Å². The first-order chi connectivity index (χ1) is 7.64. The van der Waals surface area contributed by atoms with Gasteiger partial charge in [0.2, 0.25) is 0 Å². The molecule has 0 aromatic heterocycles. The molecule has 2 N–H and O–H groups in total. The zero-order chi connectivity index (χ0) is 13.3. The lowest BCUT2D eigenvalue weighted by molar-refractivity contribution is -0.218. The van der Waals surface area contributed by atoms with Gasteiger partial charge in [-0.05, 0) is 13.8 Å². The Labute approximate surface area is 98.0 Å². The molecule has 1 fully saturated rings. The van der Waals surface area contributed by atoms with Gasteiger partial charge in [-0.1, -0.05) is 0 Å². The second-order valence-corrected chi connectivity index (χ2v) is 4.93. The van der Waals surface area contributed by atoms with Gasteiger partial charge in [0, 0.05) is 19.6 Å². The van der Waals surface area contributed by atoms with Crippen molar-refractivity contribution >= 4 is 0 Å². The highest BCUT2D eigenvalue weighted by atomic mass is 19.4. The summed E-state index contributed by atoms with van der Waals surface area (Å²) in [6.45, 7) is 3.21. The maximum Gasteiger partial charge on any atom is 0.415 e. The third kappa shape index (κ3) is 4.42. The van der Waals surface area contributed by atoms with Crippen LogP contribution in [0.1, 0.15) is 13.8 Å². The summed E-state index contributed by atoms with van der Waals surface area (Å²) < 4.78 is 42.1. The third-order valence-electron chi connectivity index (χ3n) is 2.56. The first-order valence-corrected chi connectivity index (χ1v) is 5.40. The number of halogens is 3. The van der Waals surface area contributed by atoms with Gasteiger partial charge in [0.05, 0.1) is 18.3 Å². The standard InChI is InChI=1S/C10H18F3NO3/c1-9(2)6-14(3-7(5-15)17-9)4-8(16)10(11,12)13/h7-8,15-16H,3-6H2,1-2H3. The van der Waals surface area contributed by atoms with Gasteiger partial charge >= 0.3 is 6.18 Å². The second-order valence-electron chi connectivity index (χ2n) is 4.93. The molecule has 7 heteroatoms. The first kappa shape index (κ1) is 14.7. The number of ether oxygens (including phenoxy) is 1. The minimum absolute atomic E-state index is 0.188. The van der Waals surface area contributed by atoms with E-state index in [1.54, 1.807) is 13.8 Å². The zero-order valence-electron chi connectivity index (χ0n) is 9.87. The number of aliphatic hydroxyl groups excluding tert-OH is 2. The van der Waals surface area contributed by atoms with E-state index < -0.39 is 30.5 Å². The lowest BCUT2D eigenvalue weighted by Crippen LogP contribution is -2.56. The van der Waals surface area contributed by atoms with Crippen LogP contribution in [0.4, 0.5) is 13.2 Å². The van der Waals surface area contributed by atoms with Crippen LogP contribution in [0.15, 0.2) is 0 Å². The molecule has 2 unspecified atom stereocenters. The molecule has 0 aliphatic carbocycles. The molecule has 4 nitrogen and oxygen atoms in total. The Morgan fingerprint density at radius 2 is 2.06 bits per heavy atom. The maximum absolute atomic E-state index is 12.2. The molecule has 0 amide bonds. The molecule has 1 saturated heterocycles. The monoisotopic (exact) mass is 257 g/mol. The average molecular weight is 257 g/mol. The van der Waals surface area contributed by atoms with Gasteiger partial charge in [0.25, 0.3) is 0 Å². The zero-order valence-corrected chi connectivity index (χ0v) is 9.87. The Morgan fingerprint density at radius 1 is 1.47 bits per heavy atom. The topological polar surface area (TPSA) is 52.9 Å². The molecule has 0 aromatic rings. The van der Waals surface area contributed by atoms with Crippen molar-refractivity contribution in [2.45, 2.75) is 37.8 Å². The quantitative estimate of drug-likeness (QED) is 0.767. The predicted octanol–water partition coefficient (Wildman–Crippen LogP) is 0.381. The summed E-state index contributed by atoms with van der Waals surface area (Å²) in [5.41, 5.74) is -0.628. The molecule has 0 spiro atoms. The van der Waals surface area contributed by atoms with E-state index in [2.05, 4.69) is 0 Å². The van der Waals surface area contributed by atoms with Gasteiger partial charge in [-0.2, -0.15) is 13.2 Å². The largest absolute Gasteiger partial charge is 0.415 e. The van der Waals surface area contributed by atoms with Crippen molar-refractivity contribution < 1.29 is 28.1 Å². The van der Waals surface area contributed by atoms with Crippen LogP contribution >= 0.6 is 0 Å². The Bertz CT molecular complexity index is 258. The Kier molecular flexibility index (Phi) is 4.40. The van der Waals surface area contributed by atoms with Crippen molar-refractivity contribution in [3.05, 3.63) is 0 Å². The van der Waals surface area contributed by atoms with E-state index in [1.807, 2.05) is 0 Å². The van der Waals surface area contributed by atoms with Gasteiger partial charge in [0.15, 0.2) is 6.10 Å². The lowest BCUT2D eigenvalue weighted by Gasteiger charge is -2.42. The van der Waals surface area contributed by atoms with Crippen molar-refractivity contribution in [1.29, 1.82) is 0 Å². The van der Waals surface area contributed by atoms with E-state index in [0.717, 1.165) is 0 Å². The summed E-state index contributed by atoms with van der Waals surface area (Å²) in [7, 11) is 0. The smallest absolute Gasteiger partial charge is 0.394 e. The van der Waals surface area contributed by atoms with Crippen LogP contribution in [0.5, 0.6) is 0 Å². The van der Waals surface area contributed by atoms with Crippen LogP contribution in [0.2, 0.25) is 0 Å².